The van der Waals surface area contributed by atoms with Gasteiger partial charge in [0.2, 0.25) is 5.91 Å². The van der Waals surface area contributed by atoms with Gasteiger partial charge in [0.05, 0.1) is 23.4 Å². The molecule has 1 saturated heterocycles. The number of nitrogens with zero attached hydrogens (tertiary/aromatic N) is 3. The summed E-state index contributed by atoms with van der Waals surface area (Å²) in [5, 5.41) is 4.34. The second-order valence-corrected chi connectivity index (χ2v) is 8.59. The van der Waals surface area contributed by atoms with Gasteiger partial charge >= 0.3 is 0 Å². The van der Waals surface area contributed by atoms with Crippen molar-refractivity contribution in [2.75, 3.05) is 18.1 Å². The second kappa shape index (κ2) is 7.39. The first-order valence-electron chi connectivity index (χ1n) is 8.57. The highest BCUT2D eigenvalue weighted by molar-refractivity contribution is 7.91. The van der Waals surface area contributed by atoms with E-state index in [1.165, 1.54) is 0 Å². The quantitative estimate of drug-likeness (QED) is 0.787. The molecule has 1 aromatic heterocycles. The van der Waals surface area contributed by atoms with Gasteiger partial charge in [0.15, 0.2) is 9.84 Å². The molecule has 134 valence electrons. The number of hydrogen-bond donors (Lipinski definition) is 0. The summed E-state index contributed by atoms with van der Waals surface area (Å²) in [4.78, 5) is 14.2. The van der Waals surface area contributed by atoms with E-state index >= 15 is 0 Å². The highest BCUT2D eigenvalue weighted by Gasteiger charge is 2.33. The Bertz CT molecular complexity index is 830. The van der Waals surface area contributed by atoms with Crippen LogP contribution in [0.2, 0.25) is 0 Å². The van der Waals surface area contributed by atoms with E-state index in [2.05, 4.69) is 5.10 Å². The minimum Gasteiger partial charge on any atom is -0.339 e. The summed E-state index contributed by atoms with van der Waals surface area (Å²) in [6.45, 7) is 2.44. The number of carbonyl (C=O) groups is 1. The Balaban J connectivity index is 1.59. The highest BCUT2D eigenvalue weighted by atomic mass is 32.2. The molecule has 1 aromatic carbocycles. The smallest absolute Gasteiger partial charge is 0.223 e. The van der Waals surface area contributed by atoms with Crippen molar-refractivity contribution in [1.29, 1.82) is 0 Å². The topological polar surface area (TPSA) is 72.3 Å². The molecule has 1 aliphatic rings. The zero-order valence-electron chi connectivity index (χ0n) is 14.3. The third-order valence-corrected chi connectivity index (χ3v) is 6.34. The van der Waals surface area contributed by atoms with Crippen molar-refractivity contribution in [1.82, 2.24) is 14.7 Å². The minimum atomic E-state index is -2.99. The van der Waals surface area contributed by atoms with Crippen molar-refractivity contribution in [3.8, 4) is 5.69 Å². The van der Waals surface area contributed by atoms with Gasteiger partial charge in [-0.2, -0.15) is 5.10 Å². The third kappa shape index (κ3) is 4.28. The molecule has 0 bridgehead atoms. The molecule has 1 fully saturated rings. The summed E-state index contributed by atoms with van der Waals surface area (Å²) < 4.78 is 25.1. The molecule has 1 atom stereocenters. The number of aromatic nitrogens is 2. The first-order valence-corrected chi connectivity index (χ1v) is 10.4. The number of hydrogen-bond acceptors (Lipinski definition) is 4. The second-order valence-electron chi connectivity index (χ2n) is 6.37. The lowest BCUT2D eigenvalue weighted by atomic mass is 10.1. The lowest BCUT2D eigenvalue weighted by molar-refractivity contribution is -0.132. The zero-order valence-corrected chi connectivity index (χ0v) is 15.2. The fourth-order valence-corrected chi connectivity index (χ4v) is 5.00. The van der Waals surface area contributed by atoms with E-state index in [1.807, 2.05) is 43.5 Å². The van der Waals surface area contributed by atoms with Crippen molar-refractivity contribution < 1.29 is 13.2 Å². The number of para-hydroxylation sites is 1. The van der Waals surface area contributed by atoms with Crippen molar-refractivity contribution in [2.24, 2.45) is 0 Å². The summed E-state index contributed by atoms with van der Waals surface area (Å²) in [6.07, 6.45) is 5.22. The SMILES string of the molecule is CCN(C(=O)CCc1cnn(-c2ccccc2)c1)C1CCS(=O)(=O)C1. The van der Waals surface area contributed by atoms with Gasteiger partial charge in [0, 0.05) is 25.2 Å². The largest absolute Gasteiger partial charge is 0.339 e. The maximum absolute atomic E-state index is 12.5. The molecule has 1 aliphatic heterocycles. The summed E-state index contributed by atoms with van der Waals surface area (Å²) >= 11 is 0. The number of aryl methyl sites for hydroxylation is 1. The molecule has 0 saturated carbocycles. The van der Waals surface area contributed by atoms with Crippen LogP contribution in [-0.2, 0) is 21.1 Å². The zero-order chi connectivity index (χ0) is 17.9. The van der Waals surface area contributed by atoms with Crippen LogP contribution in [0.5, 0.6) is 0 Å². The highest BCUT2D eigenvalue weighted by Crippen LogP contribution is 2.19. The molecule has 0 spiro atoms. The summed E-state index contributed by atoms with van der Waals surface area (Å²) in [5.41, 5.74) is 1.97. The Morgan fingerprint density at radius 2 is 2.08 bits per heavy atom. The Morgan fingerprint density at radius 1 is 1.32 bits per heavy atom. The number of sulfone groups is 1. The van der Waals surface area contributed by atoms with E-state index in [9.17, 15) is 13.2 Å². The molecular weight excluding hydrogens is 338 g/mol. The fraction of sp³-hybridized carbons (Fsp3) is 0.444. The number of benzene rings is 1. The van der Waals surface area contributed by atoms with Crippen LogP contribution >= 0.6 is 0 Å². The van der Waals surface area contributed by atoms with E-state index in [4.69, 9.17) is 0 Å². The lowest BCUT2D eigenvalue weighted by Crippen LogP contribution is -2.41. The first kappa shape index (κ1) is 17.7. The van der Waals surface area contributed by atoms with E-state index in [-0.39, 0.29) is 23.5 Å². The molecule has 2 heterocycles. The molecule has 1 unspecified atom stereocenters. The predicted molar refractivity (Wildman–Crippen MR) is 96.3 cm³/mol. The first-order chi connectivity index (χ1) is 12.0. The summed E-state index contributed by atoms with van der Waals surface area (Å²) in [5.74, 6) is 0.293. The molecule has 25 heavy (non-hydrogen) atoms. The van der Waals surface area contributed by atoms with E-state index in [0.29, 0.717) is 25.8 Å². The molecule has 3 rings (SSSR count). The summed E-state index contributed by atoms with van der Waals surface area (Å²) in [6, 6.07) is 9.64. The maximum Gasteiger partial charge on any atom is 0.223 e. The molecule has 0 aliphatic carbocycles. The Hall–Kier alpha value is -2.15. The molecule has 6 nitrogen and oxygen atoms in total. The van der Waals surface area contributed by atoms with Crippen LogP contribution in [0, 0.1) is 0 Å². The van der Waals surface area contributed by atoms with Crippen LogP contribution in [0.25, 0.3) is 5.69 Å². The van der Waals surface area contributed by atoms with E-state index < -0.39 is 9.84 Å². The van der Waals surface area contributed by atoms with Gasteiger partial charge in [-0.15, -0.1) is 0 Å². The predicted octanol–water partition coefficient (Wildman–Crippen LogP) is 1.84. The van der Waals surface area contributed by atoms with Gasteiger partial charge in [0.25, 0.3) is 0 Å². The standard InChI is InChI=1S/C18H23N3O3S/c1-2-20(17-10-11-25(23,24)14-17)18(22)9-8-15-12-19-21(13-15)16-6-4-3-5-7-16/h3-7,12-13,17H,2,8-11,14H2,1H3. The van der Waals surface area contributed by atoms with Gasteiger partial charge in [0.1, 0.15) is 0 Å². The number of rotatable bonds is 6. The number of carbonyl (C=O) groups excluding carboxylic acids is 1. The van der Waals surface area contributed by atoms with Gasteiger partial charge in [-0.05, 0) is 37.5 Å². The van der Waals surface area contributed by atoms with Crippen LogP contribution in [0.4, 0.5) is 0 Å². The Kier molecular flexibility index (Phi) is 5.22. The van der Waals surface area contributed by atoms with Crippen molar-refractivity contribution >= 4 is 15.7 Å². The maximum atomic E-state index is 12.5. The molecule has 7 heteroatoms. The van der Waals surface area contributed by atoms with Gasteiger partial charge in [-0.25, -0.2) is 13.1 Å². The fourth-order valence-electron chi connectivity index (χ4n) is 3.27. The van der Waals surface area contributed by atoms with E-state index in [1.54, 1.807) is 15.8 Å². The van der Waals surface area contributed by atoms with Gasteiger partial charge in [-0.1, -0.05) is 18.2 Å². The Morgan fingerprint density at radius 3 is 2.72 bits per heavy atom. The molecule has 0 radical (unpaired) electrons. The monoisotopic (exact) mass is 361 g/mol. The van der Waals surface area contributed by atoms with Crippen LogP contribution < -0.4 is 0 Å². The molecule has 2 aromatic rings. The van der Waals surface area contributed by atoms with Gasteiger partial charge in [-0.3, -0.25) is 4.79 Å². The number of amides is 1. The van der Waals surface area contributed by atoms with Crippen LogP contribution in [0.1, 0.15) is 25.3 Å². The van der Waals surface area contributed by atoms with Crippen LogP contribution in [-0.4, -0.2) is 53.1 Å². The van der Waals surface area contributed by atoms with Crippen molar-refractivity contribution in [3.05, 3.63) is 48.3 Å². The average Bonchev–Trinajstić information content (AvgIpc) is 3.21. The van der Waals surface area contributed by atoms with Crippen LogP contribution in [0.15, 0.2) is 42.7 Å². The van der Waals surface area contributed by atoms with E-state index in [0.717, 1.165) is 11.3 Å². The van der Waals surface area contributed by atoms with Crippen molar-refractivity contribution in [2.45, 2.75) is 32.2 Å². The third-order valence-electron chi connectivity index (χ3n) is 4.59. The van der Waals surface area contributed by atoms with Crippen molar-refractivity contribution in [3.63, 3.8) is 0 Å². The summed E-state index contributed by atoms with van der Waals surface area (Å²) in [7, 11) is -2.99. The minimum absolute atomic E-state index is 0.0112. The van der Waals surface area contributed by atoms with Gasteiger partial charge < -0.3 is 4.90 Å². The lowest BCUT2D eigenvalue weighted by Gasteiger charge is -2.26. The van der Waals surface area contributed by atoms with Crippen LogP contribution in [0.3, 0.4) is 0 Å². The Labute approximate surface area is 148 Å². The average molecular weight is 361 g/mol. The molecule has 1 amide bonds. The normalized spacial score (nSPS) is 19.0. The molecule has 0 N–H and O–H groups in total. The molecular formula is C18H23N3O3S.